The van der Waals surface area contributed by atoms with Gasteiger partial charge in [0.1, 0.15) is 11.9 Å². The zero-order valence-corrected chi connectivity index (χ0v) is 21.2. The number of hydrogen-bond donors (Lipinski definition) is 1. The van der Waals surface area contributed by atoms with E-state index in [0.29, 0.717) is 17.5 Å². The lowest BCUT2D eigenvalue weighted by Crippen LogP contribution is -2.53. The summed E-state index contributed by atoms with van der Waals surface area (Å²) >= 11 is 6.47. The second kappa shape index (κ2) is 9.43. The highest BCUT2D eigenvalue weighted by Crippen LogP contribution is 2.46. The van der Waals surface area contributed by atoms with E-state index >= 15 is 0 Å². The maximum atomic E-state index is 12.9. The predicted octanol–water partition coefficient (Wildman–Crippen LogP) is 6.24. The number of halogens is 1. The van der Waals surface area contributed by atoms with Gasteiger partial charge in [0.25, 0.3) is 0 Å². The predicted molar refractivity (Wildman–Crippen MR) is 135 cm³/mol. The molecule has 1 unspecified atom stereocenters. The maximum Gasteiger partial charge on any atom is 0.407 e. The third-order valence-corrected chi connectivity index (χ3v) is 8.02. The normalized spacial score (nSPS) is 26.7. The van der Waals surface area contributed by atoms with Crippen LogP contribution in [0.1, 0.15) is 57.2 Å². The Morgan fingerprint density at radius 1 is 1.15 bits per heavy atom. The Morgan fingerprint density at radius 3 is 2.56 bits per heavy atom. The molecule has 0 saturated carbocycles. The van der Waals surface area contributed by atoms with Crippen LogP contribution >= 0.6 is 11.6 Å². The molecule has 6 heteroatoms. The van der Waals surface area contributed by atoms with Crippen molar-refractivity contribution in [1.29, 1.82) is 0 Å². The number of fused-ring (bicyclic) bond motifs is 4. The highest BCUT2D eigenvalue weighted by atomic mass is 35.5. The molecule has 1 aliphatic carbocycles. The van der Waals surface area contributed by atoms with Crippen LogP contribution in [0.4, 0.5) is 4.79 Å². The van der Waals surface area contributed by atoms with Gasteiger partial charge in [-0.05, 0) is 84.5 Å². The first-order valence-corrected chi connectivity index (χ1v) is 13.0. The lowest BCUT2D eigenvalue weighted by Gasteiger charge is -2.44. The van der Waals surface area contributed by atoms with Crippen LogP contribution in [0.25, 0.3) is 11.1 Å². The van der Waals surface area contributed by atoms with E-state index in [1.165, 1.54) is 11.1 Å². The molecule has 0 spiro atoms. The monoisotopic (exact) mass is 482 g/mol. The molecule has 3 aliphatic heterocycles. The highest BCUT2D eigenvalue weighted by molar-refractivity contribution is 6.32. The lowest BCUT2D eigenvalue weighted by molar-refractivity contribution is -0.0348. The SMILES string of the molecule is CCCOc1ccc(-c2ccc3c(c2)CC(C)(C)C3NC(=O)O[C@@H]2CN3CCC2CC3)cc1Cl. The summed E-state index contributed by atoms with van der Waals surface area (Å²) in [6.07, 6.45) is 3.83. The number of hydrogen-bond acceptors (Lipinski definition) is 4. The molecule has 2 aromatic rings. The largest absolute Gasteiger partial charge is 0.492 e. The van der Waals surface area contributed by atoms with Crippen LogP contribution < -0.4 is 10.1 Å². The Kier molecular flexibility index (Phi) is 6.51. The molecule has 34 heavy (non-hydrogen) atoms. The van der Waals surface area contributed by atoms with Crippen LogP contribution in [0.3, 0.4) is 0 Å². The van der Waals surface area contributed by atoms with E-state index < -0.39 is 0 Å². The molecule has 3 fully saturated rings. The fraction of sp³-hybridized carbons (Fsp3) is 0.536. The number of carbonyl (C=O) groups is 1. The number of carbonyl (C=O) groups excluding carboxylic acids is 1. The molecule has 2 aromatic carbocycles. The smallest absolute Gasteiger partial charge is 0.407 e. The first-order chi connectivity index (χ1) is 16.3. The molecule has 2 atom stereocenters. The summed E-state index contributed by atoms with van der Waals surface area (Å²) < 4.78 is 11.6. The Labute approximate surface area is 207 Å². The minimum absolute atomic E-state index is 0.0166. The Balaban J connectivity index is 1.30. The minimum atomic E-state index is -0.289. The summed E-state index contributed by atoms with van der Waals surface area (Å²) in [5, 5.41) is 3.84. The molecule has 0 radical (unpaired) electrons. The minimum Gasteiger partial charge on any atom is -0.492 e. The maximum absolute atomic E-state index is 12.9. The third kappa shape index (κ3) is 4.65. The van der Waals surface area contributed by atoms with Crippen molar-refractivity contribution >= 4 is 17.7 Å². The molecule has 2 bridgehead atoms. The van der Waals surface area contributed by atoms with E-state index in [1.54, 1.807) is 0 Å². The van der Waals surface area contributed by atoms with Gasteiger partial charge in [-0.2, -0.15) is 0 Å². The number of rotatable bonds is 6. The van der Waals surface area contributed by atoms with Crippen LogP contribution in [0, 0.1) is 11.3 Å². The summed E-state index contributed by atoms with van der Waals surface area (Å²) in [4.78, 5) is 15.3. The van der Waals surface area contributed by atoms with E-state index in [0.717, 1.165) is 62.2 Å². The van der Waals surface area contributed by atoms with Gasteiger partial charge < -0.3 is 14.8 Å². The summed E-state index contributed by atoms with van der Waals surface area (Å²) in [7, 11) is 0. The van der Waals surface area contributed by atoms with Gasteiger partial charge in [-0.1, -0.05) is 56.6 Å². The van der Waals surface area contributed by atoms with Crippen molar-refractivity contribution in [1.82, 2.24) is 10.2 Å². The summed E-state index contributed by atoms with van der Waals surface area (Å²) in [5.41, 5.74) is 4.53. The molecular formula is C28H35ClN2O3. The highest BCUT2D eigenvalue weighted by Gasteiger charge is 2.42. The number of nitrogens with one attached hydrogen (secondary N) is 1. The Morgan fingerprint density at radius 2 is 1.88 bits per heavy atom. The quantitative estimate of drug-likeness (QED) is 0.529. The van der Waals surface area contributed by atoms with Gasteiger partial charge in [-0.3, -0.25) is 4.90 Å². The Bertz CT molecular complexity index is 1060. The van der Waals surface area contributed by atoms with Gasteiger partial charge in [-0.15, -0.1) is 0 Å². The number of piperidine rings is 3. The first kappa shape index (κ1) is 23.5. The zero-order valence-electron chi connectivity index (χ0n) is 20.4. The van der Waals surface area contributed by atoms with Crippen molar-refractivity contribution in [3.05, 3.63) is 52.5 Å². The van der Waals surface area contributed by atoms with Gasteiger partial charge in [0.15, 0.2) is 0 Å². The van der Waals surface area contributed by atoms with Gasteiger partial charge in [0, 0.05) is 6.54 Å². The standard InChI is InChI=1S/C28H35ClN2O3/c1-4-13-33-24-8-6-20(15-23(24)29)19-5-7-22-21(14-19)16-28(2,3)26(22)30-27(32)34-25-17-31-11-9-18(25)10-12-31/h5-8,14-15,18,25-26H,4,9-13,16-17H2,1-3H3,(H,30,32)/t25-,26?/m1/s1. The van der Waals surface area contributed by atoms with Crippen LogP contribution in [0.5, 0.6) is 5.75 Å². The second-order valence-electron chi connectivity index (χ2n) is 10.7. The fourth-order valence-corrected chi connectivity index (χ4v) is 6.09. The van der Waals surface area contributed by atoms with E-state index in [2.05, 4.69) is 55.3 Å². The molecule has 182 valence electrons. The van der Waals surface area contributed by atoms with Gasteiger partial charge in [-0.25, -0.2) is 4.79 Å². The van der Waals surface area contributed by atoms with Crippen molar-refractivity contribution in [3.8, 4) is 16.9 Å². The van der Waals surface area contributed by atoms with Gasteiger partial charge in [0.2, 0.25) is 0 Å². The van der Waals surface area contributed by atoms with E-state index in [9.17, 15) is 4.79 Å². The summed E-state index contributed by atoms with van der Waals surface area (Å²) in [6.45, 7) is 10.3. The van der Waals surface area contributed by atoms with Crippen LogP contribution in [-0.2, 0) is 11.2 Å². The van der Waals surface area contributed by atoms with Crippen LogP contribution in [0.2, 0.25) is 5.02 Å². The van der Waals surface area contributed by atoms with Gasteiger partial charge in [0.05, 0.1) is 17.7 Å². The summed E-state index contributed by atoms with van der Waals surface area (Å²) in [5.74, 6) is 1.23. The van der Waals surface area contributed by atoms with Crippen molar-refractivity contribution in [3.63, 3.8) is 0 Å². The third-order valence-electron chi connectivity index (χ3n) is 7.73. The number of alkyl carbamates (subject to hydrolysis) is 1. The number of amides is 1. The topological polar surface area (TPSA) is 50.8 Å². The Hall–Kier alpha value is -2.24. The van der Waals surface area contributed by atoms with Gasteiger partial charge >= 0.3 is 6.09 Å². The zero-order chi connectivity index (χ0) is 23.9. The number of benzene rings is 2. The van der Waals surface area contributed by atoms with Crippen molar-refractivity contribution in [2.45, 2.75) is 58.6 Å². The summed E-state index contributed by atoms with van der Waals surface area (Å²) in [6, 6.07) is 12.4. The average molecular weight is 483 g/mol. The number of ether oxygens (including phenoxy) is 2. The van der Waals surface area contributed by atoms with E-state index in [-0.39, 0.29) is 23.7 Å². The van der Waals surface area contributed by atoms with Crippen LogP contribution in [-0.4, -0.2) is 43.3 Å². The van der Waals surface area contributed by atoms with E-state index in [4.69, 9.17) is 21.1 Å². The molecule has 6 rings (SSSR count). The molecule has 4 aliphatic rings. The molecule has 3 heterocycles. The molecular weight excluding hydrogens is 448 g/mol. The molecule has 5 nitrogen and oxygen atoms in total. The molecule has 0 aromatic heterocycles. The second-order valence-corrected chi connectivity index (χ2v) is 11.1. The van der Waals surface area contributed by atoms with Crippen LogP contribution in [0.15, 0.2) is 36.4 Å². The molecule has 1 N–H and O–H groups in total. The first-order valence-electron chi connectivity index (χ1n) is 12.6. The van der Waals surface area contributed by atoms with Crippen molar-refractivity contribution < 1.29 is 14.3 Å². The fourth-order valence-electron chi connectivity index (χ4n) is 5.85. The van der Waals surface area contributed by atoms with Crippen molar-refractivity contribution in [2.75, 3.05) is 26.2 Å². The molecule has 3 saturated heterocycles. The van der Waals surface area contributed by atoms with Crippen molar-refractivity contribution in [2.24, 2.45) is 11.3 Å². The molecule has 1 amide bonds. The van der Waals surface area contributed by atoms with E-state index in [1.807, 2.05) is 12.1 Å². The lowest BCUT2D eigenvalue weighted by atomic mass is 9.85. The average Bonchev–Trinajstić information content (AvgIpc) is 3.07. The number of nitrogens with zero attached hydrogens (tertiary/aromatic N) is 1.